The molecule has 0 aliphatic heterocycles. The molecule has 1 aromatic heterocycles. The van der Waals surface area contributed by atoms with Crippen molar-refractivity contribution in [2.24, 2.45) is 0 Å². The van der Waals surface area contributed by atoms with Crippen LogP contribution in [0.3, 0.4) is 0 Å². The van der Waals surface area contributed by atoms with Crippen molar-refractivity contribution in [2.45, 2.75) is 13.8 Å². The van der Waals surface area contributed by atoms with Crippen LogP contribution in [0, 0.1) is 13.8 Å². The number of carbonyl (C=O) groups excluding carboxylic acids is 1. The predicted molar refractivity (Wildman–Crippen MR) is 132 cm³/mol. The molecule has 0 atom stereocenters. The van der Waals surface area contributed by atoms with Crippen molar-refractivity contribution in [3.05, 3.63) is 93.7 Å². The zero-order chi connectivity index (χ0) is 24.2. The monoisotopic (exact) mass is 456 g/mol. The average Bonchev–Trinajstić information content (AvgIpc) is 2.86. The third-order valence-corrected chi connectivity index (χ3v) is 5.52. The number of esters is 1. The Bertz CT molecular complexity index is 1450. The zero-order valence-electron chi connectivity index (χ0n) is 19.4. The van der Waals surface area contributed by atoms with Gasteiger partial charge in [-0.15, -0.1) is 0 Å². The third-order valence-electron chi connectivity index (χ3n) is 5.52. The molecule has 34 heavy (non-hydrogen) atoms. The van der Waals surface area contributed by atoms with Gasteiger partial charge in [0, 0.05) is 11.6 Å². The largest absolute Gasteiger partial charge is 0.493 e. The first-order valence-electron chi connectivity index (χ1n) is 10.7. The molecule has 172 valence electrons. The molecule has 0 unspecified atom stereocenters. The molecule has 3 aromatic carbocycles. The van der Waals surface area contributed by atoms with Crippen LogP contribution in [0.4, 0.5) is 0 Å². The lowest BCUT2D eigenvalue weighted by Crippen LogP contribution is -2.14. The second kappa shape index (κ2) is 9.67. The van der Waals surface area contributed by atoms with Crippen LogP contribution < -0.4 is 19.6 Å². The summed E-state index contributed by atoms with van der Waals surface area (Å²) in [7, 11) is 3.08. The fourth-order valence-corrected chi connectivity index (χ4v) is 3.56. The first-order chi connectivity index (χ1) is 16.4. The summed E-state index contributed by atoms with van der Waals surface area (Å²) in [4.78, 5) is 26.1. The quantitative estimate of drug-likeness (QED) is 0.273. The number of hydrogen-bond donors (Lipinski definition) is 0. The minimum Gasteiger partial charge on any atom is -0.493 e. The zero-order valence-corrected chi connectivity index (χ0v) is 19.4. The van der Waals surface area contributed by atoms with E-state index in [1.807, 2.05) is 38.1 Å². The van der Waals surface area contributed by atoms with Crippen LogP contribution in [-0.2, 0) is 4.79 Å². The molecule has 1 heterocycles. The van der Waals surface area contributed by atoms with Crippen molar-refractivity contribution in [1.82, 2.24) is 0 Å². The van der Waals surface area contributed by atoms with Crippen molar-refractivity contribution in [2.75, 3.05) is 14.2 Å². The SMILES string of the molecule is COc1ccc(C=CC(=O)Oc2c(-c3ccccc3)oc3cc(C)c(C)cc3c2=O)cc1OC. The Morgan fingerprint density at radius 2 is 1.59 bits per heavy atom. The molecule has 6 nitrogen and oxygen atoms in total. The van der Waals surface area contributed by atoms with E-state index >= 15 is 0 Å². The Kier molecular flexibility index (Phi) is 6.50. The van der Waals surface area contributed by atoms with E-state index in [9.17, 15) is 9.59 Å². The fourth-order valence-electron chi connectivity index (χ4n) is 3.56. The molecule has 0 spiro atoms. The molecular formula is C28H24O6. The Hall–Kier alpha value is -4.32. The van der Waals surface area contributed by atoms with Gasteiger partial charge in [0.15, 0.2) is 17.3 Å². The molecule has 0 bridgehead atoms. The summed E-state index contributed by atoms with van der Waals surface area (Å²) in [6.07, 6.45) is 2.82. The molecular weight excluding hydrogens is 432 g/mol. The number of rotatable bonds is 6. The number of carbonyl (C=O) groups is 1. The van der Waals surface area contributed by atoms with Crippen molar-refractivity contribution >= 4 is 23.0 Å². The van der Waals surface area contributed by atoms with Crippen LogP contribution in [0.5, 0.6) is 17.2 Å². The first kappa shape index (κ1) is 22.9. The summed E-state index contributed by atoms with van der Waals surface area (Å²) in [5, 5.41) is 0.356. The van der Waals surface area contributed by atoms with E-state index in [-0.39, 0.29) is 11.5 Å². The molecule has 0 fully saturated rings. The highest BCUT2D eigenvalue weighted by atomic mass is 16.5. The average molecular weight is 456 g/mol. The molecule has 0 aliphatic rings. The van der Waals surface area contributed by atoms with Gasteiger partial charge in [0.1, 0.15) is 5.58 Å². The van der Waals surface area contributed by atoms with E-state index in [0.717, 1.165) is 11.1 Å². The van der Waals surface area contributed by atoms with Crippen molar-refractivity contribution in [3.8, 4) is 28.6 Å². The van der Waals surface area contributed by atoms with Gasteiger partial charge in [-0.3, -0.25) is 4.79 Å². The normalized spacial score (nSPS) is 11.1. The van der Waals surface area contributed by atoms with Gasteiger partial charge in [-0.05, 0) is 60.9 Å². The van der Waals surface area contributed by atoms with Gasteiger partial charge in [0.25, 0.3) is 0 Å². The number of methoxy groups -OCH3 is 2. The predicted octanol–water partition coefficient (Wildman–Crippen LogP) is 5.71. The molecule has 4 rings (SSSR count). The van der Waals surface area contributed by atoms with Crippen LogP contribution in [0.2, 0.25) is 0 Å². The van der Waals surface area contributed by atoms with Gasteiger partial charge in [-0.25, -0.2) is 4.79 Å². The van der Waals surface area contributed by atoms with Crippen LogP contribution in [0.1, 0.15) is 16.7 Å². The third kappa shape index (κ3) is 4.57. The lowest BCUT2D eigenvalue weighted by atomic mass is 10.0. The lowest BCUT2D eigenvalue weighted by Gasteiger charge is -2.11. The van der Waals surface area contributed by atoms with Gasteiger partial charge in [0.2, 0.25) is 11.2 Å². The summed E-state index contributed by atoms with van der Waals surface area (Å²) in [6, 6.07) is 17.9. The van der Waals surface area contributed by atoms with E-state index in [1.165, 1.54) is 13.2 Å². The van der Waals surface area contributed by atoms with Crippen LogP contribution in [-0.4, -0.2) is 20.2 Å². The minimum absolute atomic E-state index is 0.149. The number of benzene rings is 3. The minimum atomic E-state index is -0.706. The number of hydrogen-bond acceptors (Lipinski definition) is 6. The van der Waals surface area contributed by atoms with Crippen LogP contribution in [0.25, 0.3) is 28.4 Å². The highest BCUT2D eigenvalue weighted by molar-refractivity contribution is 5.91. The summed E-state index contributed by atoms with van der Waals surface area (Å²) < 4.78 is 22.1. The van der Waals surface area contributed by atoms with Gasteiger partial charge in [-0.2, -0.15) is 0 Å². The molecule has 4 aromatic rings. The Balaban J connectivity index is 1.74. The van der Waals surface area contributed by atoms with Gasteiger partial charge in [-0.1, -0.05) is 36.4 Å². The van der Waals surface area contributed by atoms with Crippen molar-refractivity contribution in [1.29, 1.82) is 0 Å². The molecule has 6 heteroatoms. The molecule has 0 amide bonds. The second-order valence-electron chi connectivity index (χ2n) is 7.76. The van der Waals surface area contributed by atoms with E-state index < -0.39 is 11.4 Å². The first-order valence-corrected chi connectivity index (χ1v) is 10.7. The Morgan fingerprint density at radius 1 is 0.882 bits per heavy atom. The lowest BCUT2D eigenvalue weighted by molar-refractivity contribution is -0.129. The van der Waals surface area contributed by atoms with Gasteiger partial charge < -0.3 is 18.6 Å². The van der Waals surface area contributed by atoms with Crippen molar-refractivity contribution in [3.63, 3.8) is 0 Å². The van der Waals surface area contributed by atoms with E-state index in [4.69, 9.17) is 18.6 Å². The summed E-state index contributed by atoms with van der Waals surface area (Å²) in [5.41, 5.74) is 3.31. The highest BCUT2D eigenvalue weighted by Gasteiger charge is 2.20. The van der Waals surface area contributed by atoms with Crippen LogP contribution >= 0.6 is 0 Å². The number of aryl methyl sites for hydroxylation is 2. The second-order valence-corrected chi connectivity index (χ2v) is 7.76. The highest BCUT2D eigenvalue weighted by Crippen LogP contribution is 2.32. The van der Waals surface area contributed by atoms with Crippen molar-refractivity contribution < 1.29 is 23.4 Å². The Labute approximate surface area is 197 Å². The maximum absolute atomic E-state index is 13.4. The molecule has 0 saturated carbocycles. The smallest absolute Gasteiger partial charge is 0.336 e. The molecule has 0 aliphatic carbocycles. The van der Waals surface area contributed by atoms with E-state index in [0.29, 0.717) is 33.6 Å². The summed E-state index contributed by atoms with van der Waals surface area (Å²) >= 11 is 0. The fraction of sp³-hybridized carbons (Fsp3) is 0.143. The number of fused-ring (bicyclic) bond motifs is 1. The summed E-state index contributed by atoms with van der Waals surface area (Å²) in [6.45, 7) is 3.86. The molecule has 0 saturated heterocycles. The number of ether oxygens (including phenoxy) is 3. The Morgan fingerprint density at radius 3 is 2.29 bits per heavy atom. The maximum Gasteiger partial charge on any atom is 0.336 e. The van der Waals surface area contributed by atoms with Crippen LogP contribution in [0.15, 0.2) is 76.0 Å². The molecule has 0 radical (unpaired) electrons. The van der Waals surface area contributed by atoms with E-state index in [2.05, 4.69) is 0 Å². The van der Waals surface area contributed by atoms with E-state index in [1.54, 1.807) is 49.6 Å². The summed E-state index contributed by atoms with van der Waals surface area (Å²) in [5.74, 6) is 0.458. The molecule has 0 N–H and O–H groups in total. The standard InChI is InChI=1S/C28H24O6/c1-17-14-21-23(15-18(17)2)33-27(20-8-6-5-7-9-20)28(26(21)30)34-25(29)13-11-19-10-12-22(31-3)24(16-19)32-4/h5-16H,1-4H3. The topological polar surface area (TPSA) is 75.0 Å². The van der Waals surface area contributed by atoms with Gasteiger partial charge in [0.05, 0.1) is 19.6 Å². The van der Waals surface area contributed by atoms with Gasteiger partial charge >= 0.3 is 5.97 Å². The maximum atomic E-state index is 13.4.